The molecule has 1 aromatic carbocycles. The standard InChI is InChI=1S/C14H18F3N3O4S/c1-18(2)10-4-3-7-19(9-10)12-6-5-11(8-13(12)20(21)22)25(23,24)14(15,16)17/h5-6,8,10H,3-4,7,9H2,1-2H3. The number of nitro benzene ring substituents is 1. The lowest BCUT2D eigenvalue weighted by atomic mass is 10.0. The van der Waals surface area contributed by atoms with Gasteiger partial charge in [-0.1, -0.05) is 0 Å². The van der Waals surface area contributed by atoms with E-state index in [0.717, 1.165) is 25.0 Å². The molecule has 0 bridgehead atoms. The third kappa shape index (κ3) is 3.87. The van der Waals surface area contributed by atoms with E-state index in [0.29, 0.717) is 19.2 Å². The van der Waals surface area contributed by atoms with E-state index in [1.54, 1.807) is 4.90 Å². The monoisotopic (exact) mass is 381 g/mol. The first-order chi connectivity index (χ1) is 11.4. The predicted octanol–water partition coefficient (Wildman–Crippen LogP) is 2.42. The minimum absolute atomic E-state index is 0.123. The molecule has 0 saturated carbocycles. The second-order valence-corrected chi connectivity index (χ2v) is 8.00. The van der Waals surface area contributed by atoms with Crippen molar-refractivity contribution in [3.05, 3.63) is 28.3 Å². The van der Waals surface area contributed by atoms with Crippen LogP contribution in [-0.2, 0) is 9.84 Å². The summed E-state index contributed by atoms with van der Waals surface area (Å²) in [6.45, 7) is 0.982. The normalized spacial score (nSPS) is 19.3. The molecule has 1 heterocycles. The van der Waals surface area contributed by atoms with Gasteiger partial charge in [0.25, 0.3) is 15.5 Å². The first kappa shape index (κ1) is 19.4. The number of nitro groups is 1. The zero-order valence-corrected chi connectivity index (χ0v) is 14.5. The number of anilines is 1. The van der Waals surface area contributed by atoms with Crippen molar-refractivity contribution in [2.45, 2.75) is 29.3 Å². The second kappa shape index (κ2) is 6.79. The summed E-state index contributed by atoms with van der Waals surface area (Å²) < 4.78 is 61.0. The van der Waals surface area contributed by atoms with Gasteiger partial charge in [-0.15, -0.1) is 0 Å². The largest absolute Gasteiger partial charge is 0.501 e. The maximum Gasteiger partial charge on any atom is 0.501 e. The number of nitrogens with zero attached hydrogens (tertiary/aromatic N) is 3. The molecule has 1 aliphatic heterocycles. The third-order valence-electron chi connectivity index (χ3n) is 4.23. The number of likely N-dealkylation sites (N-methyl/N-ethyl adjacent to an activating group) is 1. The molecule has 1 saturated heterocycles. The van der Waals surface area contributed by atoms with E-state index in [1.807, 2.05) is 19.0 Å². The summed E-state index contributed by atoms with van der Waals surface area (Å²) >= 11 is 0. The Bertz CT molecular complexity index is 765. The molecule has 0 aliphatic carbocycles. The maximum atomic E-state index is 12.7. The molecule has 0 spiro atoms. The van der Waals surface area contributed by atoms with Crippen molar-refractivity contribution in [1.29, 1.82) is 0 Å². The van der Waals surface area contributed by atoms with Crippen molar-refractivity contribution < 1.29 is 26.5 Å². The molecule has 2 rings (SSSR count). The molecule has 7 nitrogen and oxygen atoms in total. The van der Waals surface area contributed by atoms with Crippen LogP contribution in [0.5, 0.6) is 0 Å². The molecule has 1 aliphatic rings. The van der Waals surface area contributed by atoms with E-state index in [2.05, 4.69) is 0 Å². The van der Waals surface area contributed by atoms with Gasteiger partial charge in [0.2, 0.25) is 0 Å². The van der Waals surface area contributed by atoms with E-state index in [-0.39, 0.29) is 11.7 Å². The topological polar surface area (TPSA) is 83.8 Å². The van der Waals surface area contributed by atoms with E-state index >= 15 is 0 Å². The average Bonchev–Trinajstić information content (AvgIpc) is 2.53. The Morgan fingerprint density at radius 1 is 1.32 bits per heavy atom. The van der Waals surface area contributed by atoms with Crippen LogP contribution >= 0.6 is 0 Å². The van der Waals surface area contributed by atoms with Crippen LogP contribution in [0.3, 0.4) is 0 Å². The van der Waals surface area contributed by atoms with Gasteiger partial charge in [-0.05, 0) is 39.1 Å². The zero-order chi connectivity index (χ0) is 19.0. The van der Waals surface area contributed by atoms with Gasteiger partial charge in [-0.25, -0.2) is 8.42 Å². The van der Waals surface area contributed by atoms with Gasteiger partial charge in [0, 0.05) is 25.2 Å². The SMILES string of the molecule is CN(C)C1CCCN(c2ccc(S(=O)(=O)C(F)(F)F)cc2[N+](=O)[O-])C1. The van der Waals surface area contributed by atoms with Crippen LogP contribution in [-0.4, -0.2) is 57.0 Å². The number of sulfone groups is 1. The minimum atomic E-state index is -5.64. The van der Waals surface area contributed by atoms with Crippen molar-refractivity contribution in [3.63, 3.8) is 0 Å². The van der Waals surface area contributed by atoms with Gasteiger partial charge in [0.05, 0.1) is 9.82 Å². The average molecular weight is 381 g/mol. The fraction of sp³-hybridized carbons (Fsp3) is 0.571. The molecule has 1 fully saturated rings. The smallest absolute Gasteiger partial charge is 0.364 e. The molecule has 11 heteroatoms. The van der Waals surface area contributed by atoms with Crippen LogP contribution in [0.25, 0.3) is 0 Å². The molecule has 140 valence electrons. The van der Waals surface area contributed by atoms with Crippen LogP contribution in [0.2, 0.25) is 0 Å². The second-order valence-electron chi connectivity index (χ2n) is 6.06. The van der Waals surface area contributed by atoms with Crippen LogP contribution in [0.1, 0.15) is 12.8 Å². The molecule has 0 radical (unpaired) electrons. The molecular formula is C14H18F3N3O4S. The van der Waals surface area contributed by atoms with Crippen LogP contribution < -0.4 is 4.90 Å². The van der Waals surface area contributed by atoms with E-state index in [4.69, 9.17) is 0 Å². The Hall–Kier alpha value is -1.88. The van der Waals surface area contributed by atoms with Crippen LogP contribution in [0.15, 0.2) is 23.1 Å². The maximum absolute atomic E-state index is 12.7. The molecule has 0 N–H and O–H groups in total. The lowest BCUT2D eigenvalue weighted by molar-refractivity contribution is -0.384. The van der Waals surface area contributed by atoms with Gasteiger partial charge in [-0.3, -0.25) is 10.1 Å². The van der Waals surface area contributed by atoms with Crippen molar-refractivity contribution in [2.24, 2.45) is 0 Å². The summed E-state index contributed by atoms with van der Waals surface area (Å²) in [7, 11) is -1.88. The summed E-state index contributed by atoms with van der Waals surface area (Å²) in [5, 5.41) is 11.3. The lowest BCUT2D eigenvalue weighted by Gasteiger charge is -2.37. The molecule has 1 aromatic rings. The number of benzene rings is 1. The number of alkyl halides is 3. The van der Waals surface area contributed by atoms with Crippen molar-refractivity contribution in [2.75, 3.05) is 32.1 Å². The fourth-order valence-corrected chi connectivity index (χ4v) is 3.59. The van der Waals surface area contributed by atoms with Crippen LogP contribution in [0.4, 0.5) is 24.5 Å². The fourth-order valence-electron chi connectivity index (χ4n) is 2.81. The van der Waals surface area contributed by atoms with E-state index < -0.39 is 30.9 Å². The first-order valence-electron chi connectivity index (χ1n) is 7.46. The highest BCUT2D eigenvalue weighted by molar-refractivity contribution is 7.92. The highest BCUT2D eigenvalue weighted by atomic mass is 32.2. The molecular weight excluding hydrogens is 363 g/mol. The molecule has 0 amide bonds. The van der Waals surface area contributed by atoms with Crippen molar-refractivity contribution >= 4 is 21.2 Å². The van der Waals surface area contributed by atoms with E-state index in [1.165, 1.54) is 0 Å². The molecule has 1 unspecified atom stereocenters. The predicted molar refractivity (Wildman–Crippen MR) is 85.3 cm³/mol. The Balaban J connectivity index is 2.46. The van der Waals surface area contributed by atoms with Crippen LogP contribution in [0, 0.1) is 10.1 Å². The van der Waals surface area contributed by atoms with Crippen molar-refractivity contribution in [3.8, 4) is 0 Å². The Kier molecular flexibility index (Phi) is 5.28. The highest BCUT2D eigenvalue weighted by Crippen LogP contribution is 2.37. The van der Waals surface area contributed by atoms with E-state index in [9.17, 15) is 31.7 Å². The third-order valence-corrected chi connectivity index (χ3v) is 5.71. The Morgan fingerprint density at radius 3 is 2.48 bits per heavy atom. The highest BCUT2D eigenvalue weighted by Gasteiger charge is 2.47. The zero-order valence-electron chi connectivity index (χ0n) is 13.7. The van der Waals surface area contributed by atoms with Crippen molar-refractivity contribution in [1.82, 2.24) is 4.90 Å². The van der Waals surface area contributed by atoms with Gasteiger partial charge >= 0.3 is 5.51 Å². The van der Waals surface area contributed by atoms with Gasteiger partial charge < -0.3 is 9.80 Å². The quantitative estimate of drug-likeness (QED) is 0.588. The summed E-state index contributed by atoms with van der Waals surface area (Å²) in [6, 6.07) is 2.48. The summed E-state index contributed by atoms with van der Waals surface area (Å²) in [4.78, 5) is 13.0. The van der Waals surface area contributed by atoms with Gasteiger partial charge in [-0.2, -0.15) is 13.2 Å². The molecule has 1 atom stereocenters. The summed E-state index contributed by atoms with van der Waals surface area (Å²) in [5.74, 6) is 0. The molecule has 0 aromatic heterocycles. The number of rotatable bonds is 4. The Morgan fingerprint density at radius 2 is 1.96 bits per heavy atom. The lowest BCUT2D eigenvalue weighted by Crippen LogP contribution is -2.45. The first-order valence-corrected chi connectivity index (χ1v) is 8.94. The molecule has 25 heavy (non-hydrogen) atoms. The minimum Gasteiger partial charge on any atom is -0.364 e. The number of piperidine rings is 1. The Labute approximate surface area is 143 Å². The number of hydrogen-bond acceptors (Lipinski definition) is 6. The van der Waals surface area contributed by atoms with Gasteiger partial charge in [0.1, 0.15) is 5.69 Å². The summed E-state index contributed by atoms with van der Waals surface area (Å²) in [6.07, 6.45) is 1.67. The van der Waals surface area contributed by atoms with Gasteiger partial charge in [0.15, 0.2) is 0 Å². The summed E-state index contributed by atoms with van der Waals surface area (Å²) in [5.41, 5.74) is -6.04. The number of hydrogen-bond donors (Lipinski definition) is 0. The number of halogens is 3.